The molecule has 0 amide bonds. The summed E-state index contributed by atoms with van der Waals surface area (Å²) in [6.45, 7) is 6.93. The molecule has 0 unspecified atom stereocenters. The van der Waals surface area contributed by atoms with Crippen LogP contribution < -0.4 is 0 Å². The van der Waals surface area contributed by atoms with Gasteiger partial charge < -0.3 is 18.9 Å². The van der Waals surface area contributed by atoms with Crippen molar-refractivity contribution in [1.82, 2.24) is 0 Å². The maximum absolute atomic E-state index is 11.5. The highest BCUT2D eigenvalue weighted by atomic mass is 16.7. The standard InChI is InChI=1S/C19H28O6/c1-18(2)22-14(12-16(20)24-18)10-8-6-5-7-9-11-15-13-17(21)25-19(3,4)23-15/h12-13H,5-11H2,1-4H3. The highest BCUT2D eigenvalue weighted by Gasteiger charge is 2.30. The molecule has 2 aliphatic rings. The largest absolute Gasteiger partial charge is 0.457 e. The van der Waals surface area contributed by atoms with Gasteiger partial charge in [0.2, 0.25) is 11.6 Å². The molecular weight excluding hydrogens is 324 g/mol. The number of allylic oxidation sites excluding steroid dienone is 2. The van der Waals surface area contributed by atoms with Crippen LogP contribution in [0, 0.1) is 0 Å². The lowest BCUT2D eigenvalue weighted by Crippen LogP contribution is -2.34. The third-order valence-corrected chi connectivity index (χ3v) is 3.85. The predicted molar refractivity (Wildman–Crippen MR) is 91.0 cm³/mol. The van der Waals surface area contributed by atoms with Crippen LogP contribution in [0.3, 0.4) is 0 Å². The summed E-state index contributed by atoms with van der Waals surface area (Å²) in [4.78, 5) is 22.9. The van der Waals surface area contributed by atoms with Crippen molar-refractivity contribution in [2.24, 2.45) is 0 Å². The Morgan fingerprint density at radius 1 is 0.640 bits per heavy atom. The van der Waals surface area contributed by atoms with E-state index in [1.807, 2.05) is 0 Å². The lowest BCUT2D eigenvalue weighted by atomic mass is 10.1. The van der Waals surface area contributed by atoms with Gasteiger partial charge in [-0.15, -0.1) is 0 Å². The maximum Gasteiger partial charge on any atom is 0.337 e. The first-order valence-electron chi connectivity index (χ1n) is 8.90. The van der Waals surface area contributed by atoms with Crippen LogP contribution in [0.1, 0.15) is 72.6 Å². The zero-order chi connectivity index (χ0) is 18.5. The summed E-state index contributed by atoms with van der Waals surface area (Å²) in [5.74, 6) is -1.03. The minimum Gasteiger partial charge on any atom is -0.457 e. The molecule has 0 aromatic rings. The first-order chi connectivity index (χ1) is 11.7. The molecule has 2 rings (SSSR count). The fourth-order valence-corrected chi connectivity index (χ4v) is 2.91. The van der Waals surface area contributed by atoms with E-state index in [1.165, 1.54) is 12.2 Å². The van der Waals surface area contributed by atoms with Crippen molar-refractivity contribution >= 4 is 11.9 Å². The van der Waals surface area contributed by atoms with Gasteiger partial charge in [0.05, 0.1) is 12.2 Å². The zero-order valence-electron chi connectivity index (χ0n) is 15.6. The van der Waals surface area contributed by atoms with E-state index in [0.717, 1.165) is 44.9 Å². The van der Waals surface area contributed by atoms with E-state index in [0.29, 0.717) is 11.5 Å². The van der Waals surface area contributed by atoms with Gasteiger partial charge in [0, 0.05) is 40.5 Å². The van der Waals surface area contributed by atoms with Crippen LogP contribution in [0.15, 0.2) is 23.7 Å². The van der Waals surface area contributed by atoms with E-state index in [9.17, 15) is 9.59 Å². The number of carbonyl (C=O) groups is 2. The third kappa shape index (κ3) is 6.80. The van der Waals surface area contributed by atoms with Gasteiger partial charge in [-0.1, -0.05) is 19.3 Å². The molecule has 2 aliphatic heterocycles. The second-order valence-corrected chi connectivity index (χ2v) is 7.34. The Morgan fingerprint density at radius 2 is 1.00 bits per heavy atom. The van der Waals surface area contributed by atoms with Crippen LogP contribution in [0.5, 0.6) is 0 Å². The average Bonchev–Trinajstić information content (AvgIpc) is 2.41. The Bertz CT molecular complexity index is 520. The Balaban J connectivity index is 1.58. The first kappa shape index (κ1) is 19.3. The summed E-state index contributed by atoms with van der Waals surface area (Å²) < 4.78 is 21.4. The highest BCUT2D eigenvalue weighted by molar-refractivity contribution is 5.83. The molecule has 25 heavy (non-hydrogen) atoms. The molecule has 0 atom stereocenters. The summed E-state index contributed by atoms with van der Waals surface area (Å²) in [7, 11) is 0. The fraction of sp³-hybridized carbons (Fsp3) is 0.684. The molecule has 6 nitrogen and oxygen atoms in total. The van der Waals surface area contributed by atoms with Crippen molar-refractivity contribution in [1.29, 1.82) is 0 Å². The Labute approximate surface area is 149 Å². The lowest BCUT2D eigenvalue weighted by molar-refractivity contribution is -0.207. The van der Waals surface area contributed by atoms with Crippen molar-refractivity contribution in [3.8, 4) is 0 Å². The average molecular weight is 352 g/mol. The molecule has 0 aromatic carbocycles. The highest BCUT2D eigenvalue weighted by Crippen LogP contribution is 2.27. The van der Waals surface area contributed by atoms with Crippen molar-refractivity contribution < 1.29 is 28.5 Å². The SMILES string of the molecule is CC1(C)OC(=O)C=C(CCCCCCCC2=CC(=O)OC(C)(C)O2)O1. The van der Waals surface area contributed by atoms with Crippen molar-refractivity contribution in [3.63, 3.8) is 0 Å². The van der Waals surface area contributed by atoms with Gasteiger partial charge in [0.25, 0.3) is 0 Å². The van der Waals surface area contributed by atoms with Crippen LogP contribution in [0.2, 0.25) is 0 Å². The van der Waals surface area contributed by atoms with Crippen LogP contribution in [0.25, 0.3) is 0 Å². The number of ether oxygens (including phenoxy) is 4. The van der Waals surface area contributed by atoms with Crippen LogP contribution >= 0.6 is 0 Å². The normalized spacial score (nSPS) is 21.3. The molecule has 0 radical (unpaired) electrons. The second kappa shape index (κ2) is 7.93. The molecule has 0 N–H and O–H groups in total. The molecule has 140 valence electrons. The Kier molecular flexibility index (Phi) is 6.14. The summed E-state index contributed by atoms with van der Waals surface area (Å²) in [6.07, 6.45) is 9.48. The number of cyclic esters (lactones) is 2. The summed E-state index contributed by atoms with van der Waals surface area (Å²) >= 11 is 0. The molecule has 0 aromatic heterocycles. The summed E-state index contributed by atoms with van der Waals surface area (Å²) in [5, 5.41) is 0. The summed E-state index contributed by atoms with van der Waals surface area (Å²) in [5.41, 5.74) is 0. The molecule has 0 fully saturated rings. The zero-order valence-corrected chi connectivity index (χ0v) is 15.6. The van der Waals surface area contributed by atoms with Gasteiger partial charge in [0.15, 0.2) is 0 Å². The number of carbonyl (C=O) groups excluding carboxylic acids is 2. The van der Waals surface area contributed by atoms with E-state index in [2.05, 4.69) is 0 Å². The first-order valence-corrected chi connectivity index (χ1v) is 8.90. The molecule has 0 saturated heterocycles. The molecule has 0 saturated carbocycles. The fourth-order valence-electron chi connectivity index (χ4n) is 2.91. The van der Waals surface area contributed by atoms with Crippen molar-refractivity contribution in [3.05, 3.63) is 23.7 Å². The van der Waals surface area contributed by atoms with Crippen molar-refractivity contribution in [2.75, 3.05) is 0 Å². The van der Waals surface area contributed by atoms with E-state index >= 15 is 0 Å². The third-order valence-electron chi connectivity index (χ3n) is 3.85. The number of hydrogen-bond donors (Lipinski definition) is 0. The lowest BCUT2D eigenvalue weighted by Gasteiger charge is -2.30. The summed E-state index contributed by atoms with van der Waals surface area (Å²) in [6, 6.07) is 0. The Hall–Kier alpha value is -1.98. The molecule has 2 heterocycles. The maximum atomic E-state index is 11.5. The number of unbranched alkanes of at least 4 members (excludes halogenated alkanes) is 4. The van der Waals surface area contributed by atoms with Crippen LogP contribution in [0.4, 0.5) is 0 Å². The minimum atomic E-state index is -0.871. The van der Waals surface area contributed by atoms with Crippen molar-refractivity contribution in [2.45, 2.75) is 84.2 Å². The van der Waals surface area contributed by atoms with E-state index in [1.54, 1.807) is 27.7 Å². The second-order valence-electron chi connectivity index (χ2n) is 7.34. The van der Waals surface area contributed by atoms with E-state index in [4.69, 9.17) is 18.9 Å². The van der Waals surface area contributed by atoms with Gasteiger partial charge in [0.1, 0.15) is 11.5 Å². The monoisotopic (exact) mass is 352 g/mol. The number of esters is 2. The van der Waals surface area contributed by atoms with E-state index in [-0.39, 0.29) is 11.9 Å². The van der Waals surface area contributed by atoms with Gasteiger partial charge in [-0.3, -0.25) is 0 Å². The topological polar surface area (TPSA) is 71.1 Å². The van der Waals surface area contributed by atoms with Crippen LogP contribution in [-0.2, 0) is 28.5 Å². The molecular formula is C19H28O6. The van der Waals surface area contributed by atoms with Gasteiger partial charge in [-0.05, 0) is 12.8 Å². The molecule has 0 spiro atoms. The smallest absolute Gasteiger partial charge is 0.337 e. The van der Waals surface area contributed by atoms with Gasteiger partial charge >= 0.3 is 11.9 Å². The minimum absolute atomic E-state index is 0.339. The Morgan fingerprint density at radius 3 is 1.36 bits per heavy atom. The van der Waals surface area contributed by atoms with E-state index < -0.39 is 11.6 Å². The quantitative estimate of drug-likeness (QED) is 0.484. The van der Waals surface area contributed by atoms with Crippen LogP contribution in [-0.4, -0.2) is 23.5 Å². The predicted octanol–water partition coefficient (Wildman–Crippen LogP) is 4.10. The molecule has 0 aliphatic carbocycles. The van der Waals surface area contributed by atoms with Gasteiger partial charge in [-0.2, -0.15) is 0 Å². The molecule has 0 bridgehead atoms. The number of hydrogen-bond acceptors (Lipinski definition) is 6. The number of rotatable bonds is 8. The molecule has 6 heteroatoms. The van der Waals surface area contributed by atoms with Gasteiger partial charge in [-0.25, -0.2) is 9.59 Å².